The lowest BCUT2D eigenvalue weighted by atomic mass is 10.1. The van der Waals surface area contributed by atoms with Gasteiger partial charge in [0.2, 0.25) is 0 Å². The zero-order valence-electron chi connectivity index (χ0n) is 14.0. The molecule has 2 aromatic carbocycles. The standard InChI is InChI=1S/C18H15ClN2O5/c1-3-26-15-11(18(24)25-2)8-12(19)14(13(15)20)21-16(22)9-6-4-5-7-10(9)17(21)23/h4-8H,3,20H2,1-2H3. The summed E-state index contributed by atoms with van der Waals surface area (Å²) >= 11 is 6.27. The van der Waals surface area contributed by atoms with E-state index in [4.69, 9.17) is 26.8 Å². The lowest BCUT2D eigenvalue weighted by molar-refractivity contribution is 0.0596. The van der Waals surface area contributed by atoms with Gasteiger partial charge in [-0.25, -0.2) is 9.69 Å². The normalized spacial score (nSPS) is 13.0. The molecule has 2 amide bonds. The van der Waals surface area contributed by atoms with Gasteiger partial charge in [0.15, 0.2) is 5.75 Å². The zero-order valence-corrected chi connectivity index (χ0v) is 14.8. The second kappa shape index (κ2) is 6.68. The van der Waals surface area contributed by atoms with Gasteiger partial charge < -0.3 is 15.2 Å². The molecule has 0 fully saturated rings. The second-order valence-electron chi connectivity index (χ2n) is 5.41. The maximum absolute atomic E-state index is 12.7. The first kappa shape index (κ1) is 17.8. The highest BCUT2D eigenvalue weighted by Gasteiger charge is 2.39. The molecule has 0 aromatic heterocycles. The molecule has 1 aliphatic heterocycles. The van der Waals surface area contributed by atoms with E-state index in [1.165, 1.54) is 13.2 Å². The summed E-state index contributed by atoms with van der Waals surface area (Å²) in [6.45, 7) is 1.91. The van der Waals surface area contributed by atoms with Crippen LogP contribution < -0.4 is 15.4 Å². The number of methoxy groups -OCH3 is 1. The maximum Gasteiger partial charge on any atom is 0.341 e. The minimum Gasteiger partial charge on any atom is -0.491 e. The number of benzene rings is 2. The Labute approximate surface area is 154 Å². The van der Waals surface area contributed by atoms with Gasteiger partial charge in [-0.05, 0) is 25.1 Å². The minimum absolute atomic E-state index is 0.00954. The van der Waals surface area contributed by atoms with Crippen molar-refractivity contribution >= 4 is 40.8 Å². The first-order valence-corrected chi connectivity index (χ1v) is 8.11. The number of fused-ring (bicyclic) bond motifs is 1. The fourth-order valence-electron chi connectivity index (χ4n) is 2.82. The number of carbonyl (C=O) groups is 3. The van der Waals surface area contributed by atoms with Crippen molar-refractivity contribution in [2.75, 3.05) is 24.4 Å². The molecule has 0 spiro atoms. The molecule has 0 bridgehead atoms. The number of hydrogen-bond acceptors (Lipinski definition) is 6. The summed E-state index contributed by atoms with van der Waals surface area (Å²) in [6.07, 6.45) is 0. The quantitative estimate of drug-likeness (QED) is 0.502. The van der Waals surface area contributed by atoms with Crippen LogP contribution >= 0.6 is 11.6 Å². The molecule has 134 valence electrons. The van der Waals surface area contributed by atoms with E-state index in [2.05, 4.69) is 0 Å². The number of anilines is 2. The number of ether oxygens (including phenoxy) is 2. The third-order valence-electron chi connectivity index (χ3n) is 3.95. The molecule has 3 rings (SSSR count). The molecule has 0 unspecified atom stereocenters. The number of nitrogens with zero attached hydrogens (tertiary/aromatic N) is 1. The largest absolute Gasteiger partial charge is 0.491 e. The Kier molecular flexibility index (Phi) is 4.56. The van der Waals surface area contributed by atoms with Crippen LogP contribution in [0.4, 0.5) is 11.4 Å². The third kappa shape index (κ3) is 2.57. The van der Waals surface area contributed by atoms with Crippen LogP contribution in [0.1, 0.15) is 38.0 Å². The van der Waals surface area contributed by atoms with Crippen molar-refractivity contribution in [3.05, 3.63) is 52.0 Å². The van der Waals surface area contributed by atoms with Crippen molar-refractivity contribution in [2.45, 2.75) is 6.92 Å². The van der Waals surface area contributed by atoms with Crippen LogP contribution in [-0.2, 0) is 4.74 Å². The lowest BCUT2D eigenvalue weighted by Crippen LogP contribution is -2.31. The van der Waals surface area contributed by atoms with E-state index in [0.717, 1.165) is 4.90 Å². The number of esters is 1. The summed E-state index contributed by atoms with van der Waals surface area (Å²) in [7, 11) is 1.21. The minimum atomic E-state index is -0.698. The molecule has 0 saturated carbocycles. The van der Waals surface area contributed by atoms with Crippen molar-refractivity contribution in [1.29, 1.82) is 0 Å². The van der Waals surface area contributed by atoms with Crippen molar-refractivity contribution in [3.63, 3.8) is 0 Å². The molecule has 7 nitrogen and oxygen atoms in total. The number of imide groups is 1. The second-order valence-corrected chi connectivity index (χ2v) is 5.82. The van der Waals surface area contributed by atoms with Crippen LogP contribution in [0, 0.1) is 0 Å². The molecular weight excluding hydrogens is 360 g/mol. The first-order chi connectivity index (χ1) is 12.4. The fraction of sp³-hybridized carbons (Fsp3) is 0.167. The lowest BCUT2D eigenvalue weighted by Gasteiger charge is -2.21. The van der Waals surface area contributed by atoms with Gasteiger partial charge in [-0.2, -0.15) is 0 Å². The number of carbonyl (C=O) groups excluding carboxylic acids is 3. The van der Waals surface area contributed by atoms with Crippen molar-refractivity contribution in [2.24, 2.45) is 0 Å². The van der Waals surface area contributed by atoms with Gasteiger partial charge >= 0.3 is 5.97 Å². The van der Waals surface area contributed by atoms with E-state index in [-0.39, 0.29) is 45.4 Å². The van der Waals surface area contributed by atoms with Crippen molar-refractivity contribution in [3.8, 4) is 5.75 Å². The van der Waals surface area contributed by atoms with Gasteiger partial charge in [-0.1, -0.05) is 23.7 Å². The molecule has 1 aliphatic rings. The molecule has 2 aromatic rings. The molecule has 8 heteroatoms. The highest BCUT2D eigenvalue weighted by Crippen LogP contribution is 2.44. The average molecular weight is 375 g/mol. The molecular formula is C18H15ClN2O5. The Morgan fingerprint density at radius 3 is 2.27 bits per heavy atom. The van der Waals surface area contributed by atoms with Gasteiger partial charge in [0.1, 0.15) is 11.3 Å². The Bertz CT molecular complexity index is 906. The third-order valence-corrected chi connectivity index (χ3v) is 4.24. The van der Waals surface area contributed by atoms with Gasteiger partial charge in [0, 0.05) is 0 Å². The van der Waals surface area contributed by atoms with E-state index in [0.29, 0.717) is 0 Å². The Hall–Kier alpha value is -3.06. The Balaban J connectivity index is 2.21. The molecule has 0 aliphatic carbocycles. The van der Waals surface area contributed by atoms with E-state index in [9.17, 15) is 14.4 Å². The first-order valence-electron chi connectivity index (χ1n) is 7.73. The maximum atomic E-state index is 12.7. The van der Waals surface area contributed by atoms with Crippen LogP contribution in [0.15, 0.2) is 30.3 Å². The Morgan fingerprint density at radius 2 is 1.77 bits per heavy atom. The number of nitrogen functional groups attached to an aromatic ring is 1. The zero-order chi connectivity index (χ0) is 19.0. The highest BCUT2D eigenvalue weighted by atomic mass is 35.5. The van der Waals surface area contributed by atoms with E-state index in [1.54, 1.807) is 31.2 Å². The molecule has 1 heterocycles. The summed E-state index contributed by atoms with van der Waals surface area (Å²) in [4.78, 5) is 38.3. The van der Waals surface area contributed by atoms with Gasteiger partial charge in [0.05, 0.1) is 35.6 Å². The average Bonchev–Trinajstić information content (AvgIpc) is 2.89. The summed E-state index contributed by atoms with van der Waals surface area (Å²) in [6, 6.07) is 7.68. The van der Waals surface area contributed by atoms with Crippen molar-refractivity contribution in [1.82, 2.24) is 0 Å². The van der Waals surface area contributed by atoms with E-state index >= 15 is 0 Å². The monoisotopic (exact) mass is 374 g/mol. The van der Waals surface area contributed by atoms with Crippen LogP contribution in [0.2, 0.25) is 5.02 Å². The molecule has 2 N–H and O–H groups in total. The number of rotatable bonds is 4. The number of halogens is 1. The highest BCUT2D eigenvalue weighted by molar-refractivity contribution is 6.41. The number of nitrogens with two attached hydrogens (primary N) is 1. The molecule has 0 saturated heterocycles. The van der Waals surface area contributed by atoms with Crippen LogP contribution in [0.25, 0.3) is 0 Å². The van der Waals surface area contributed by atoms with E-state index in [1.807, 2.05) is 0 Å². The SMILES string of the molecule is CCOc1c(C(=O)OC)cc(Cl)c(N2C(=O)c3ccccc3C2=O)c1N. The molecule has 0 atom stereocenters. The topological polar surface area (TPSA) is 98.9 Å². The van der Waals surface area contributed by atoms with E-state index < -0.39 is 17.8 Å². The van der Waals surface area contributed by atoms with Gasteiger partial charge in [-0.3, -0.25) is 9.59 Å². The predicted molar refractivity (Wildman–Crippen MR) is 96.0 cm³/mol. The number of amides is 2. The Morgan fingerprint density at radius 1 is 1.19 bits per heavy atom. The molecule has 26 heavy (non-hydrogen) atoms. The van der Waals surface area contributed by atoms with Crippen LogP contribution in [0.3, 0.4) is 0 Å². The summed E-state index contributed by atoms with van der Waals surface area (Å²) in [5.41, 5.74) is 6.55. The smallest absolute Gasteiger partial charge is 0.341 e. The summed E-state index contributed by atoms with van der Waals surface area (Å²) in [5.74, 6) is -1.79. The fourth-order valence-corrected chi connectivity index (χ4v) is 3.12. The molecule has 0 radical (unpaired) electrons. The van der Waals surface area contributed by atoms with Crippen molar-refractivity contribution < 1.29 is 23.9 Å². The predicted octanol–water partition coefficient (Wildman–Crippen LogP) is 2.91. The van der Waals surface area contributed by atoms with Gasteiger partial charge in [0.25, 0.3) is 11.8 Å². The van der Waals surface area contributed by atoms with Crippen LogP contribution in [-0.4, -0.2) is 31.5 Å². The number of hydrogen-bond donors (Lipinski definition) is 1. The summed E-state index contributed by atoms with van der Waals surface area (Å²) in [5, 5.41) is -0.0409. The summed E-state index contributed by atoms with van der Waals surface area (Å²) < 4.78 is 10.2. The van der Waals surface area contributed by atoms with Gasteiger partial charge in [-0.15, -0.1) is 0 Å². The van der Waals surface area contributed by atoms with Crippen LogP contribution in [0.5, 0.6) is 5.75 Å².